The lowest BCUT2D eigenvalue weighted by Crippen LogP contribution is -2.51. The summed E-state index contributed by atoms with van der Waals surface area (Å²) in [7, 11) is 2.19. The van der Waals surface area contributed by atoms with Crippen molar-refractivity contribution < 1.29 is 4.79 Å². The third kappa shape index (κ3) is 3.56. The number of hydrogen-bond donors (Lipinski definition) is 1. The number of carbonyl (C=O) groups excluding carboxylic acids is 1. The highest BCUT2D eigenvalue weighted by atomic mass is 35.5. The first-order chi connectivity index (χ1) is 15.6. The highest BCUT2D eigenvalue weighted by molar-refractivity contribution is 7.22. The van der Waals surface area contributed by atoms with Gasteiger partial charge in [-0.1, -0.05) is 12.1 Å². The van der Waals surface area contributed by atoms with Gasteiger partial charge in [-0.2, -0.15) is 0 Å². The van der Waals surface area contributed by atoms with Crippen molar-refractivity contribution in [2.45, 2.75) is 51.5 Å². The number of anilines is 1. The first-order valence-electron chi connectivity index (χ1n) is 12.1. The minimum Gasteiger partial charge on any atom is -0.317 e. The van der Waals surface area contributed by atoms with Crippen molar-refractivity contribution in [2.75, 3.05) is 18.9 Å². The summed E-state index contributed by atoms with van der Waals surface area (Å²) in [5.41, 5.74) is 3.55. The van der Waals surface area contributed by atoms with Crippen LogP contribution in [0.1, 0.15) is 49.0 Å². The molecule has 3 heterocycles. The second-order valence-corrected chi connectivity index (χ2v) is 13.0. The van der Waals surface area contributed by atoms with Gasteiger partial charge in [0.25, 0.3) is 0 Å². The molecule has 1 aromatic carbocycles. The van der Waals surface area contributed by atoms with E-state index in [2.05, 4.69) is 41.5 Å². The molecular weight excluding hydrogens is 470 g/mol. The zero-order chi connectivity index (χ0) is 21.4. The predicted octanol–water partition coefficient (Wildman–Crippen LogP) is 6.59. The summed E-state index contributed by atoms with van der Waals surface area (Å²) in [5.74, 6) is 2.63. The largest absolute Gasteiger partial charge is 0.317 e. The molecule has 3 aromatic rings. The lowest BCUT2D eigenvalue weighted by Gasteiger charge is -2.55. The Labute approximate surface area is 209 Å². The van der Waals surface area contributed by atoms with Crippen molar-refractivity contribution in [1.82, 2.24) is 9.88 Å². The number of carbonyl (C=O) groups is 1. The van der Waals surface area contributed by atoms with Crippen LogP contribution in [0, 0.1) is 23.2 Å². The van der Waals surface area contributed by atoms with Gasteiger partial charge in [0.2, 0.25) is 5.91 Å². The van der Waals surface area contributed by atoms with Crippen LogP contribution in [-0.4, -0.2) is 29.4 Å². The summed E-state index contributed by atoms with van der Waals surface area (Å²) >= 11 is 3.56. The highest BCUT2D eigenvalue weighted by Crippen LogP contribution is 2.60. The quantitative estimate of drug-likeness (QED) is 0.442. The topological polar surface area (TPSA) is 45.2 Å². The molecule has 33 heavy (non-hydrogen) atoms. The monoisotopic (exact) mass is 499 g/mol. The van der Waals surface area contributed by atoms with E-state index in [1.807, 2.05) is 0 Å². The number of amides is 1. The Kier molecular flexibility index (Phi) is 5.37. The molecule has 1 aliphatic heterocycles. The number of hydrogen-bond acceptors (Lipinski definition) is 5. The van der Waals surface area contributed by atoms with Gasteiger partial charge in [0.15, 0.2) is 0 Å². The predicted molar refractivity (Wildman–Crippen MR) is 139 cm³/mol. The number of thiazole rings is 1. The molecule has 0 saturated heterocycles. The van der Waals surface area contributed by atoms with Crippen molar-refractivity contribution in [1.29, 1.82) is 0 Å². The maximum Gasteiger partial charge on any atom is 0.231 e. The molecule has 1 amide bonds. The minimum atomic E-state index is -0.124. The lowest BCUT2D eigenvalue weighted by molar-refractivity contribution is -0.140. The molecule has 7 heteroatoms. The average Bonchev–Trinajstić information content (AvgIpc) is 3.32. The number of nitrogens with zero attached hydrogens (tertiary/aromatic N) is 2. The smallest absolute Gasteiger partial charge is 0.231 e. The number of aromatic nitrogens is 1. The van der Waals surface area contributed by atoms with E-state index in [9.17, 15) is 4.79 Å². The molecule has 4 fully saturated rings. The molecule has 4 bridgehead atoms. The first kappa shape index (κ1) is 22.0. The Balaban J connectivity index is 0.00000206. The maximum atomic E-state index is 13.9. The lowest BCUT2D eigenvalue weighted by atomic mass is 9.49. The molecule has 8 rings (SSSR count). The van der Waals surface area contributed by atoms with Gasteiger partial charge in [-0.15, -0.1) is 35.1 Å². The maximum absolute atomic E-state index is 13.9. The third-order valence-electron chi connectivity index (χ3n) is 8.50. The minimum absolute atomic E-state index is 0. The van der Waals surface area contributed by atoms with Gasteiger partial charge in [0, 0.05) is 23.5 Å². The number of nitrogens with one attached hydrogen (secondary N) is 1. The molecule has 174 valence electrons. The van der Waals surface area contributed by atoms with Crippen LogP contribution in [0.2, 0.25) is 0 Å². The number of para-hydroxylation sites is 1. The standard InChI is InChI=1S/C26H29N3OS2.ClH/c1-29-7-6-18-21(14-29)32-24(22(18)23-27-19-4-2-3-5-20(19)31-23)28-25(30)26-11-15-8-16(12-26)10-17(9-15)13-26;/h2-5,15-17H,6-14H2,1H3,(H,28,30);1H. The van der Waals surface area contributed by atoms with Crippen LogP contribution in [0.4, 0.5) is 5.00 Å². The number of thiophene rings is 1. The molecule has 0 unspecified atom stereocenters. The molecule has 0 atom stereocenters. The van der Waals surface area contributed by atoms with Crippen LogP contribution in [-0.2, 0) is 17.8 Å². The Morgan fingerprint density at radius 3 is 2.48 bits per heavy atom. The van der Waals surface area contributed by atoms with Gasteiger partial charge in [-0.05, 0) is 87.4 Å². The van der Waals surface area contributed by atoms with Crippen LogP contribution in [0.5, 0.6) is 0 Å². The van der Waals surface area contributed by atoms with Crippen molar-refractivity contribution in [3.8, 4) is 10.6 Å². The second-order valence-electron chi connectivity index (χ2n) is 10.8. The molecule has 4 nitrogen and oxygen atoms in total. The fraction of sp³-hybridized carbons (Fsp3) is 0.538. The van der Waals surface area contributed by atoms with Gasteiger partial charge >= 0.3 is 0 Å². The highest BCUT2D eigenvalue weighted by Gasteiger charge is 2.54. The number of rotatable bonds is 3. The van der Waals surface area contributed by atoms with E-state index in [-0.39, 0.29) is 17.8 Å². The average molecular weight is 500 g/mol. The van der Waals surface area contributed by atoms with Crippen molar-refractivity contribution in [2.24, 2.45) is 23.2 Å². The zero-order valence-electron chi connectivity index (χ0n) is 18.9. The van der Waals surface area contributed by atoms with Crippen LogP contribution in [0.3, 0.4) is 0 Å². The van der Waals surface area contributed by atoms with Crippen LogP contribution < -0.4 is 5.32 Å². The van der Waals surface area contributed by atoms with E-state index in [1.54, 1.807) is 22.7 Å². The number of likely N-dealkylation sites (N-methyl/N-ethyl adjacent to an activating group) is 1. The van der Waals surface area contributed by atoms with Gasteiger partial charge in [-0.3, -0.25) is 4.79 Å². The van der Waals surface area contributed by atoms with Gasteiger partial charge in [0.05, 0.1) is 15.6 Å². The van der Waals surface area contributed by atoms with E-state index in [0.717, 1.165) is 72.1 Å². The van der Waals surface area contributed by atoms with Crippen LogP contribution in [0.25, 0.3) is 20.8 Å². The van der Waals surface area contributed by atoms with Crippen LogP contribution in [0.15, 0.2) is 24.3 Å². The summed E-state index contributed by atoms with van der Waals surface area (Å²) in [6.45, 7) is 2.02. The number of halogens is 1. The molecule has 0 spiro atoms. The first-order valence-corrected chi connectivity index (χ1v) is 13.7. The van der Waals surface area contributed by atoms with Gasteiger partial charge < -0.3 is 10.2 Å². The summed E-state index contributed by atoms with van der Waals surface area (Å²) in [5, 5.41) is 5.62. The number of fused-ring (bicyclic) bond motifs is 2. The van der Waals surface area contributed by atoms with E-state index >= 15 is 0 Å². The van der Waals surface area contributed by atoms with Crippen molar-refractivity contribution >= 4 is 56.2 Å². The molecule has 4 saturated carbocycles. The molecule has 4 aliphatic carbocycles. The SMILES string of the molecule is CN1CCc2c(sc(NC(=O)C34CC5CC(CC(C5)C3)C4)c2-c2nc3ccccc3s2)C1.Cl. The summed E-state index contributed by atoms with van der Waals surface area (Å²) in [4.78, 5) is 22.6. The summed E-state index contributed by atoms with van der Waals surface area (Å²) in [6.07, 6.45) is 8.44. The molecule has 5 aliphatic rings. The molecule has 1 N–H and O–H groups in total. The Morgan fingerprint density at radius 1 is 1.09 bits per heavy atom. The van der Waals surface area contributed by atoms with E-state index in [1.165, 1.54) is 40.0 Å². The van der Waals surface area contributed by atoms with E-state index in [0.29, 0.717) is 5.91 Å². The zero-order valence-corrected chi connectivity index (χ0v) is 21.4. The summed E-state index contributed by atoms with van der Waals surface area (Å²) < 4.78 is 1.22. The van der Waals surface area contributed by atoms with Crippen LogP contribution >= 0.6 is 35.1 Å². The molecular formula is C26H30ClN3OS2. The van der Waals surface area contributed by atoms with Gasteiger partial charge in [-0.25, -0.2) is 4.98 Å². The van der Waals surface area contributed by atoms with Gasteiger partial charge in [0.1, 0.15) is 10.0 Å². The Morgan fingerprint density at radius 2 is 1.79 bits per heavy atom. The molecule has 0 radical (unpaired) electrons. The molecule has 2 aromatic heterocycles. The van der Waals surface area contributed by atoms with E-state index < -0.39 is 0 Å². The normalized spacial score (nSPS) is 30.3. The Bertz CT molecular complexity index is 1160. The summed E-state index contributed by atoms with van der Waals surface area (Å²) in [6, 6.07) is 8.38. The third-order valence-corrected chi connectivity index (χ3v) is 10.7. The van der Waals surface area contributed by atoms with E-state index in [4.69, 9.17) is 4.98 Å². The van der Waals surface area contributed by atoms with Crippen molar-refractivity contribution in [3.63, 3.8) is 0 Å². The fourth-order valence-corrected chi connectivity index (χ4v) is 9.88. The second kappa shape index (κ2) is 8.04. The van der Waals surface area contributed by atoms with Crippen molar-refractivity contribution in [3.05, 3.63) is 34.7 Å². The Hall–Kier alpha value is -1.47. The fourth-order valence-electron chi connectivity index (χ4n) is 7.45. The number of benzene rings is 1.